The summed E-state index contributed by atoms with van der Waals surface area (Å²) in [6, 6.07) is 5.75. The number of hydrogen-bond acceptors (Lipinski definition) is 2. The molecule has 0 spiro atoms. The van der Waals surface area contributed by atoms with Crippen molar-refractivity contribution in [2.75, 3.05) is 0 Å². The number of allylic oxidation sites excluding steroid dienone is 1. The smallest absolute Gasteiger partial charge is 0.338 e. The Hall–Kier alpha value is -1.57. The lowest BCUT2D eigenvalue weighted by Gasteiger charge is -2.20. The van der Waals surface area contributed by atoms with Crippen LogP contribution in [-0.2, 0) is 11.2 Å². The van der Waals surface area contributed by atoms with Gasteiger partial charge >= 0.3 is 5.97 Å². The molecule has 0 aliphatic heterocycles. The number of hydrogen-bond donors (Lipinski definition) is 0. The van der Waals surface area contributed by atoms with Crippen molar-refractivity contribution in [3.05, 3.63) is 41.0 Å². The molecule has 84 valence electrons. The summed E-state index contributed by atoms with van der Waals surface area (Å²) in [5, 5.41) is 0. The highest BCUT2D eigenvalue weighted by atomic mass is 16.6. The molecule has 0 saturated heterocycles. The Morgan fingerprint density at radius 1 is 1.31 bits per heavy atom. The lowest BCUT2D eigenvalue weighted by molar-refractivity contribution is 0.00685. The van der Waals surface area contributed by atoms with Gasteiger partial charge in [-0.15, -0.1) is 0 Å². The van der Waals surface area contributed by atoms with Gasteiger partial charge in [-0.05, 0) is 44.4 Å². The van der Waals surface area contributed by atoms with E-state index in [1.807, 2.05) is 45.0 Å². The van der Waals surface area contributed by atoms with Crippen molar-refractivity contribution in [3.8, 4) is 0 Å². The van der Waals surface area contributed by atoms with E-state index < -0.39 is 5.60 Å². The summed E-state index contributed by atoms with van der Waals surface area (Å²) in [5.41, 5.74) is 2.46. The van der Waals surface area contributed by atoms with Gasteiger partial charge in [-0.3, -0.25) is 0 Å². The molecule has 0 saturated carbocycles. The molecule has 2 heteroatoms. The zero-order chi connectivity index (χ0) is 11.8. The number of esters is 1. The van der Waals surface area contributed by atoms with Crippen molar-refractivity contribution < 1.29 is 9.53 Å². The molecule has 0 fully saturated rings. The minimum absolute atomic E-state index is 0.229. The number of ether oxygens (including phenoxy) is 1. The molecule has 2 nitrogen and oxygen atoms in total. The fourth-order valence-electron chi connectivity index (χ4n) is 1.82. The first kappa shape index (κ1) is 10.9. The molecule has 0 heterocycles. The second-order valence-corrected chi connectivity index (χ2v) is 4.98. The minimum atomic E-state index is -0.439. The predicted molar refractivity (Wildman–Crippen MR) is 64.3 cm³/mol. The lowest BCUT2D eigenvalue weighted by Crippen LogP contribution is -2.24. The highest BCUT2D eigenvalue weighted by Crippen LogP contribution is 2.24. The van der Waals surface area contributed by atoms with Gasteiger partial charge in [0.2, 0.25) is 0 Å². The Kier molecular flexibility index (Phi) is 2.58. The Balaban J connectivity index is 2.29. The van der Waals surface area contributed by atoms with Crippen molar-refractivity contribution in [1.29, 1.82) is 0 Å². The first-order valence-corrected chi connectivity index (χ1v) is 5.49. The maximum atomic E-state index is 12.0. The molecule has 1 aromatic carbocycles. The second-order valence-electron chi connectivity index (χ2n) is 4.98. The van der Waals surface area contributed by atoms with E-state index in [9.17, 15) is 4.79 Å². The van der Waals surface area contributed by atoms with Crippen LogP contribution in [0.1, 0.15) is 42.3 Å². The Morgan fingerprint density at radius 3 is 2.75 bits per heavy atom. The van der Waals surface area contributed by atoms with E-state index >= 15 is 0 Å². The van der Waals surface area contributed by atoms with Gasteiger partial charge < -0.3 is 4.74 Å². The molecule has 2 rings (SSSR count). The third-order valence-electron chi connectivity index (χ3n) is 2.45. The predicted octanol–water partition coefficient (Wildman–Crippen LogP) is 3.21. The van der Waals surface area contributed by atoms with Gasteiger partial charge in [0.1, 0.15) is 5.60 Å². The van der Waals surface area contributed by atoms with Crippen LogP contribution in [0.25, 0.3) is 6.08 Å². The third kappa shape index (κ3) is 2.16. The van der Waals surface area contributed by atoms with Crippen LogP contribution in [0.5, 0.6) is 0 Å². The molecule has 0 atom stereocenters. The Bertz CT molecular complexity index is 450. The number of benzene rings is 1. The molecule has 0 aromatic heterocycles. The van der Waals surface area contributed by atoms with E-state index in [2.05, 4.69) is 6.08 Å². The molecular formula is C14H16O2. The summed E-state index contributed by atoms with van der Waals surface area (Å²) in [5.74, 6) is -0.229. The zero-order valence-corrected chi connectivity index (χ0v) is 9.91. The molecule has 0 bridgehead atoms. The second kappa shape index (κ2) is 3.78. The van der Waals surface area contributed by atoms with Crippen LogP contribution >= 0.6 is 0 Å². The van der Waals surface area contributed by atoms with Crippen LogP contribution in [-0.4, -0.2) is 11.6 Å². The Morgan fingerprint density at radius 2 is 2.06 bits per heavy atom. The summed E-state index contributed by atoms with van der Waals surface area (Å²) < 4.78 is 5.38. The van der Waals surface area contributed by atoms with Gasteiger partial charge in [-0.2, -0.15) is 0 Å². The van der Waals surface area contributed by atoms with E-state index in [0.29, 0.717) is 5.56 Å². The van der Waals surface area contributed by atoms with Crippen molar-refractivity contribution in [1.82, 2.24) is 0 Å². The number of rotatable bonds is 1. The molecule has 0 unspecified atom stereocenters. The zero-order valence-electron chi connectivity index (χ0n) is 9.91. The van der Waals surface area contributed by atoms with Crippen molar-refractivity contribution in [2.24, 2.45) is 0 Å². The molecule has 16 heavy (non-hydrogen) atoms. The van der Waals surface area contributed by atoms with E-state index in [1.165, 1.54) is 0 Å². The monoisotopic (exact) mass is 216 g/mol. The summed E-state index contributed by atoms with van der Waals surface area (Å²) in [7, 11) is 0. The first-order chi connectivity index (χ1) is 7.47. The van der Waals surface area contributed by atoms with E-state index in [-0.39, 0.29) is 5.97 Å². The average molecular weight is 216 g/mol. The average Bonchev–Trinajstić information content (AvgIpc) is 2.61. The van der Waals surface area contributed by atoms with Crippen LogP contribution < -0.4 is 0 Å². The van der Waals surface area contributed by atoms with Gasteiger partial charge in [-0.25, -0.2) is 4.79 Å². The number of fused-ring (bicyclic) bond motifs is 1. The van der Waals surface area contributed by atoms with Gasteiger partial charge in [0.25, 0.3) is 0 Å². The van der Waals surface area contributed by atoms with Crippen LogP contribution in [0.4, 0.5) is 0 Å². The van der Waals surface area contributed by atoms with E-state index in [0.717, 1.165) is 17.5 Å². The third-order valence-corrected chi connectivity index (χ3v) is 2.45. The highest BCUT2D eigenvalue weighted by Gasteiger charge is 2.21. The fourth-order valence-corrected chi connectivity index (χ4v) is 1.82. The van der Waals surface area contributed by atoms with Crippen molar-refractivity contribution >= 4 is 12.0 Å². The molecule has 0 N–H and O–H groups in total. The van der Waals surface area contributed by atoms with Crippen LogP contribution in [0.2, 0.25) is 0 Å². The SMILES string of the molecule is CC(C)(C)OC(=O)c1cccc2c1CC=C2. The molecule has 0 amide bonds. The number of carbonyl (C=O) groups is 1. The van der Waals surface area contributed by atoms with Gasteiger partial charge in [-0.1, -0.05) is 24.3 Å². The van der Waals surface area contributed by atoms with Crippen molar-refractivity contribution in [3.63, 3.8) is 0 Å². The van der Waals surface area contributed by atoms with Gasteiger partial charge in [0.05, 0.1) is 5.56 Å². The van der Waals surface area contributed by atoms with Crippen LogP contribution in [0.3, 0.4) is 0 Å². The maximum absolute atomic E-state index is 12.0. The maximum Gasteiger partial charge on any atom is 0.338 e. The molecule has 1 aromatic rings. The van der Waals surface area contributed by atoms with Crippen molar-refractivity contribution in [2.45, 2.75) is 32.8 Å². The first-order valence-electron chi connectivity index (χ1n) is 5.49. The van der Waals surface area contributed by atoms with Gasteiger partial charge in [0, 0.05) is 0 Å². The summed E-state index contributed by atoms with van der Waals surface area (Å²) in [6.07, 6.45) is 4.94. The summed E-state index contributed by atoms with van der Waals surface area (Å²) in [6.45, 7) is 5.64. The van der Waals surface area contributed by atoms with E-state index in [1.54, 1.807) is 0 Å². The van der Waals surface area contributed by atoms with Gasteiger partial charge in [0.15, 0.2) is 0 Å². The molecular weight excluding hydrogens is 200 g/mol. The molecule has 1 aliphatic rings. The standard InChI is InChI=1S/C14H16O2/c1-14(2,3)16-13(15)12-9-5-7-10-6-4-8-11(10)12/h4-7,9H,8H2,1-3H3. The molecule has 0 radical (unpaired) electrons. The Labute approximate surface area is 95.9 Å². The quantitative estimate of drug-likeness (QED) is 0.674. The van der Waals surface area contributed by atoms with Crippen LogP contribution in [0.15, 0.2) is 24.3 Å². The summed E-state index contributed by atoms with van der Waals surface area (Å²) in [4.78, 5) is 12.0. The number of carbonyl (C=O) groups excluding carboxylic acids is 1. The highest BCUT2D eigenvalue weighted by molar-refractivity contribution is 5.93. The molecule has 1 aliphatic carbocycles. The normalized spacial score (nSPS) is 13.7. The van der Waals surface area contributed by atoms with Crippen LogP contribution in [0, 0.1) is 0 Å². The summed E-state index contributed by atoms with van der Waals surface area (Å²) >= 11 is 0. The topological polar surface area (TPSA) is 26.3 Å². The minimum Gasteiger partial charge on any atom is -0.456 e. The lowest BCUT2D eigenvalue weighted by atomic mass is 10.0. The largest absolute Gasteiger partial charge is 0.456 e. The van der Waals surface area contributed by atoms with E-state index in [4.69, 9.17) is 4.74 Å². The fraction of sp³-hybridized carbons (Fsp3) is 0.357.